The Kier molecular flexibility index (Phi) is 8.80. The minimum atomic E-state index is -0.583. The highest BCUT2D eigenvalue weighted by atomic mass is 19.1. The zero-order chi connectivity index (χ0) is 21.9. The Hall–Kier alpha value is -3.42. The van der Waals surface area contributed by atoms with Crippen LogP contribution >= 0.6 is 0 Å². The molecule has 2 amide bonds. The molecule has 8 heteroatoms. The molecule has 0 aliphatic carbocycles. The van der Waals surface area contributed by atoms with Crippen molar-refractivity contribution in [1.82, 2.24) is 0 Å². The Morgan fingerprint density at radius 3 is 2.47 bits per heavy atom. The number of ether oxygens (including phenoxy) is 2. The van der Waals surface area contributed by atoms with E-state index in [1.807, 2.05) is 31.2 Å². The molecule has 30 heavy (non-hydrogen) atoms. The van der Waals surface area contributed by atoms with Gasteiger partial charge in [-0.1, -0.05) is 12.1 Å². The van der Waals surface area contributed by atoms with Crippen molar-refractivity contribution in [3.63, 3.8) is 0 Å². The molecule has 0 aliphatic heterocycles. The number of amides is 2. The van der Waals surface area contributed by atoms with Crippen LogP contribution in [0.4, 0.5) is 10.1 Å². The third-order valence-electron chi connectivity index (χ3n) is 4.16. The molecule has 2 aromatic carbocycles. The van der Waals surface area contributed by atoms with Gasteiger partial charge in [0.05, 0.1) is 6.61 Å². The van der Waals surface area contributed by atoms with Gasteiger partial charge in [-0.2, -0.15) is 0 Å². The molecule has 0 saturated heterocycles. The SMILES string of the molecule is Cc1cccc(OCCCC(=O)OCC(=O)N(CCC(N)=O)c2ccc(F)cc2)c1. The predicted molar refractivity (Wildman–Crippen MR) is 109 cm³/mol. The number of halogens is 1. The second-order valence-electron chi connectivity index (χ2n) is 6.67. The van der Waals surface area contributed by atoms with Crippen LogP contribution in [0.2, 0.25) is 0 Å². The number of nitrogens with two attached hydrogens (primary N) is 1. The largest absolute Gasteiger partial charge is 0.494 e. The van der Waals surface area contributed by atoms with Crippen LogP contribution in [0.5, 0.6) is 5.75 Å². The molecule has 0 bridgehead atoms. The van der Waals surface area contributed by atoms with E-state index in [1.54, 1.807) is 0 Å². The minimum absolute atomic E-state index is 0.00167. The van der Waals surface area contributed by atoms with Crippen LogP contribution in [-0.2, 0) is 19.1 Å². The van der Waals surface area contributed by atoms with E-state index < -0.39 is 30.2 Å². The van der Waals surface area contributed by atoms with Crippen molar-refractivity contribution in [3.05, 3.63) is 59.9 Å². The zero-order valence-corrected chi connectivity index (χ0v) is 16.8. The number of benzene rings is 2. The maximum Gasteiger partial charge on any atom is 0.306 e. The summed E-state index contributed by atoms with van der Waals surface area (Å²) in [5, 5.41) is 0. The van der Waals surface area contributed by atoms with Gasteiger partial charge in [-0.05, 0) is 55.3 Å². The molecule has 0 spiro atoms. The van der Waals surface area contributed by atoms with Gasteiger partial charge in [0.15, 0.2) is 6.61 Å². The van der Waals surface area contributed by atoms with Gasteiger partial charge in [-0.15, -0.1) is 0 Å². The zero-order valence-electron chi connectivity index (χ0n) is 16.8. The number of rotatable bonds is 11. The van der Waals surface area contributed by atoms with Crippen LogP contribution in [0.15, 0.2) is 48.5 Å². The topological polar surface area (TPSA) is 98.9 Å². The second-order valence-corrected chi connectivity index (χ2v) is 6.67. The minimum Gasteiger partial charge on any atom is -0.494 e. The number of anilines is 1. The summed E-state index contributed by atoms with van der Waals surface area (Å²) in [6.07, 6.45) is 0.453. The molecule has 2 rings (SSSR count). The number of nitrogens with zero attached hydrogens (tertiary/aromatic N) is 1. The molecule has 0 saturated carbocycles. The Labute approximate surface area is 174 Å². The second kappa shape index (κ2) is 11.5. The average Bonchev–Trinajstić information content (AvgIpc) is 2.71. The Morgan fingerprint density at radius 1 is 1.07 bits per heavy atom. The van der Waals surface area contributed by atoms with Crippen LogP contribution in [0, 0.1) is 12.7 Å². The smallest absolute Gasteiger partial charge is 0.306 e. The summed E-state index contributed by atoms with van der Waals surface area (Å²) in [5.74, 6) is -1.39. The first-order valence-electron chi connectivity index (χ1n) is 9.54. The number of hydrogen-bond acceptors (Lipinski definition) is 5. The molecule has 2 N–H and O–H groups in total. The fraction of sp³-hybridized carbons (Fsp3) is 0.318. The summed E-state index contributed by atoms with van der Waals surface area (Å²) >= 11 is 0. The Bertz CT molecular complexity index is 870. The third-order valence-corrected chi connectivity index (χ3v) is 4.16. The summed E-state index contributed by atoms with van der Waals surface area (Å²) in [7, 11) is 0. The van der Waals surface area contributed by atoms with Crippen LogP contribution in [0.1, 0.15) is 24.8 Å². The van der Waals surface area contributed by atoms with Crippen molar-refractivity contribution < 1.29 is 28.2 Å². The van der Waals surface area contributed by atoms with Gasteiger partial charge >= 0.3 is 5.97 Å². The summed E-state index contributed by atoms with van der Waals surface area (Å²) < 4.78 is 23.7. The number of aryl methyl sites for hydroxylation is 1. The van der Waals surface area contributed by atoms with E-state index in [0.29, 0.717) is 18.7 Å². The number of primary amides is 1. The van der Waals surface area contributed by atoms with Crippen molar-refractivity contribution in [2.75, 3.05) is 24.7 Å². The first-order valence-corrected chi connectivity index (χ1v) is 9.54. The maximum absolute atomic E-state index is 13.1. The normalized spacial score (nSPS) is 10.3. The van der Waals surface area contributed by atoms with Crippen LogP contribution < -0.4 is 15.4 Å². The van der Waals surface area contributed by atoms with Gasteiger partial charge in [0, 0.05) is 25.1 Å². The lowest BCUT2D eigenvalue weighted by Crippen LogP contribution is -2.37. The molecular formula is C22H25FN2O5. The Morgan fingerprint density at radius 2 is 1.80 bits per heavy atom. The molecule has 2 aromatic rings. The van der Waals surface area contributed by atoms with Crippen LogP contribution in [0.25, 0.3) is 0 Å². The molecular weight excluding hydrogens is 391 g/mol. The van der Waals surface area contributed by atoms with Gasteiger partial charge in [0.1, 0.15) is 11.6 Å². The number of hydrogen-bond donors (Lipinski definition) is 1. The van der Waals surface area contributed by atoms with Gasteiger partial charge in [-0.3, -0.25) is 14.4 Å². The predicted octanol–water partition coefficient (Wildman–Crippen LogP) is 2.74. The van der Waals surface area contributed by atoms with Crippen LogP contribution in [0.3, 0.4) is 0 Å². The van der Waals surface area contributed by atoms with Crippen molar-refractivity contribution in [2.45, 2.75) is 26.2 Å². The highest BCUT2D eigenvalue weighted by molar-refractivity contribution is 5.95. The quantitative estimate of drug-likeness (QED) is 0.449. The van der Waals surface area contributed by atoms with E-state index in [2.05, 4.69) is 0 Å². The molecule has 0 aromatic heterocycles. The summed E-state index contributed by atoms with van der Waals surface area (Å²) in [5.41, 5.74) is 6.61. The van der Waals surface area contributed by atoms with Gasteiger partial charge in [0.25, 0.3) is 5.91 Å². The molecule has 0 aliphatic rings. The third kappa shape index (κ3) is 7.90. The number of carbonyl (C=O) groups is 3. The van der Waals surface area contributed by atoms with E-state index in [1.165, 1.54) is 29.2 Å². The van der Waals surface area contributed by atoms with E-state index in [0.717, 1.165) is 11.3 Å². The van der Waals surface area contributed by atoms with E-state index in [4.69, 9.17) is 15.2 Å². The summed E-state index contributed by atoms with van der Waals surface area (Å²) in [6, 6.07) is 12.8. The van der Waals surface area contributed by atoms with Crippen molar-refractivity contribution in [2.24, 2.45) is 5.73 Å². The van der Waals surface area contributed by atoms with Crippen LogP contribution in [-0.4, -0.2) is 37.5 Å². The lowest BCUT2D eigenvalue weighted by atomic mass is 10.2. The van der Waals surface area contributed by atoms with E-state index in [-0.39, 0.29) is 19.4 Å². The average molecular weight is 416 g/mol. The fourth-order valence-corrected chi connectivity index (χ4v) is 2.64. The monoisotopic (exact) mass is 416 g/mol. The highest BCUT2D eigenvalue weighted by Gasteiger charge is 2.18. The summed E-state index contributed by atoms with van der Waals surface area (Å²) in [4.78, 5) is 36.7. The van der Waals surface area contributed by atoms with E-state index >= 15 is 0 Å². The molecule has 0 radical (unpaired) electrons. The van der Waals surface area contributed by atoms with Gasteiger partial charge in [0.2, 0.25) is 5.91 Å². The molecule has 0 unspecified atom stereocenters. The molecule has 160 valence electrons. The first kappa shape index (κ1) is 22.9. The van der Waals surface area contributed by atoms with Crippen molar-refractivity contribution in [1.29, 1.82) is 0 Å². The fourth-order valence-electron chi connectivity index (χ4n) is 2.64. The highest BCUT2D eigenvalue weighted by Crippen LogP contribution is 2.16. The molecule has 0 atom stereocenters. The number of carbonyl (C=O) groups excluding carboxylic acids is 3. The number of esters is 1. The Balaban J connectivity index is 1.79. The van der Waals surface area contributed by atoms with E-state index in [9.17, 15) is 18.8 Å². The van der Waals surface area contributed by atoms with Gasteiger partial charge < -0.3 is 20.1 Å². The van der Waals surface area contributed by atoms with Crippen molar-refractivity contribution >= 4 is 23.5 Å². The standard InChI is InChI=1S/C22H25FN2O5/c1-16-4-2-5-19(14-16)29-13-3-6-22(28)30-15-21(27)25(12-11-20(24)26)18-9-7-17(23)8-10-18/h2,4-5,7-10,14H,3,6,11-13,15H2,1H3,(H2,24,26). The molecule has 0 fully saturated rings. The lowest BCUT2D eigenvalue weighted by molar-refractivity contribution is -0.148. The maximum atomic E-state index is 13.1. The summed E-state index contributed by atoms with van der Waals surface area (Å²) in [6.45, 7) is 1.81. The van der Waals surface area contributed by atoms with Gasteiger partial charge in [-0.25, -0.2) is 4.39 Å². The first-order chi connectivity index (χ1) is 14.3. The molecule has 0 heterocycles. The molecule has 7 nitrogen and oxygen atoms in total. The lowest BCUT2D eigenvalue weighted by Gasteiger charge is -2.22. The van der Waals surface area contributed by atoms with Crippen molar-refractivity contribution in [3.8, 4) is 5.75 Å².